The Labute approximate surface area is 99.4 Å². The molecule has 0 spiro atoms. The first kappa shape index (κ1) is 11.6. The Morgan fingerprint density at radius 3 is 2.65 bits per heavy atom. The maximum absolute atomic E-state index is 11.6. The van der Waals surface area contributed by atoms with Gasteiger partial charge in [0.15, 0.2) is 0 Å². The molecule has 0 radical (unpaired) electrons. The molecule has 5 nitrogen and oxygen atoms in total. The molecule has 1 N–H and O–H groups in total. The predicted octanol–water partition coefficient (Wildman–Crippen LogP) is 1.10. The summed E-state index contributed by atoms with van der Waals surface area (Å²) < 4.78 is 5.26. The van der Waals surface area contributed by atoms with Gasteiger partial charge in [-0.05, 0) is 12.5 Å². The average Bonchev–Trinajstić information content (AvgIpc) is 2.58. The Balaban J connectivity index is 2.12. The predicted molar refractivity (Wildman–Crippen MR) is 60.9 cm³/mol. The fourth-order valence-corrected chi connectivity index (χ4v) is 1.75. The van der Waals surface area contributed by atoms with Gasteiger partial charge in [-0.3, -0.25) is 15.0 Å². The van der Waals surface area contributed by atoms with Gasteiger partial charge in [-0.15, -0.1) is 0 Å². The number of nitrogens with one attached hydrogen (secondary N) is 1. The first-order valence-corrected chi connectivity index (χ1v) is 5.49. The van der Waals surface area contributed by atoms with Gasteiger partial charge >= 0.3 is 6.03 Å². The molecule has 0 aromatic heterocycles. The highest BCUT2D eigenvalue weighted by Crippen LogP contribution is 2.14. The lowest BCUT2D eigenvalue weighted by Gasteiger charge is -2.21. The molecule has 2 rings (SSSR count). The summed E-state index contributed by atoms with van der Waals surface area (Å²) in [6.45, 7) is 2.54. The van der Waals surface area contributed by atoms with Crippen molar-refractivity contribution in [1.29, 1.82) is 0 Å². The van der Waals surface area contributed by atoms with Crippen molar-refractivity contribution in [2.45, 2.75) is 19.7 Å². The first-order valence-electron chi connectivity index (χ1n) is 5.49. The molecule has 17 heavy (non-hydrogen) atoms. The van der Waals surface area contributed by atoms with E-state index in [1.807, 2.05) is 30.3 Å². The summed E-state index contributed by atoms with van der Waals surface area (Å²) in [5, 5.41) is 2.25. The van der Waals surface area contributed by atoms with Crippen LogP contribution in [-0.4, -0.2) is 29.7 Å². The molecule has 1 aliphatic rings. The minimum Gasteiger partial charge on any atom is -0.350 e. The first-order chi connectivity index (χ1) is 8.22. The second kappa shape index (κ2) is 4.97. The lowest BCUT2D eigenvalue weighted by molar-refractivity contribution is -0.135. The number of urea groups is 1. The molecule has 1 heterocycles. The normalized spacial score (nSPS) is 19.6. The van der Waals surface area contributed by atoms with E-state index >= 15 is 0 Å². The van der Waals surface area contributed by atoms with Gasteiger partial charge in [0.25, 0.3) is 5.91 Å². The fraction of sp³-hybridized carbons (Fsp3) is 0.333. The van der Waals surface area contributed by atoms with Crippen LogP contribution in [0.15, 0.2) is 30.3 Å². The van der Waals surface area contributed by atoms with E-state index in [1.165, 1.54) is 4.90 Å². The third-order valence-electron chi connectivity index (χ3n) is 2.52. The van der Waals surface area contributed by atoms with E-state index in [2.05, 4.69) is 5.32 Å². The van der Waals surface area contributed by atoms with E-state index in [9.17, 15) is 9.59 Å². The quantitative estimate of drug-likeness (QED) is 0.794. The van der Waals surface area contributed by atoms with Crippen molar-refractivity contribution in [1.82, 2.24) is 10.2 Å². The maximum Gasteiger partial charge on any atom is 0.326 e. The zero-order valence-corrected chi connectivity index (χ0v) is 9.55. The van der Waals surface area contributed by atoms with Gasteiger partial charge in [-0.25, -0.2) is 4.79 Å². The van der Waals surface area contributed by atoms with Crippen molar-refractivity contribution < 1.29 is 14.3 Å². The molecule has 0 saturated carbocycles. The number of nitrogens with zero attached hydrogens (tertiary/aromatic N) is 1. The second-order valence-corrected chi connectivity index (χ2v) is 3.72. The van der Waals surface area contributed by atoms with E-state index in [0.717, 1.165) is 5.56 Å². The SMILES string of the molecule is CCO[C@@H]1C(=O)NC(=O)N1Cc1ccccc1. The standard InChI is InChI=1S/C12H14N2O3/c1-2-17-11-10(15)13-12(16)14(11)8-9-6-4-3-5-7-9/h3-7,11H,2,8H2,1H3,(H,13,15,16)/t11-/m1/s1. The molecule has 1 atom stereocenters. The molecule has 0 bridgehead atoms. The summed E-state index contributed by atoms with van der Waals surface area (Å²) >= 11 is 0. The third-order valence-corrected chi connectivity index (χ3v) is 2.52. The topological polar surface area (TPSA) is 58.6 Å². The number of ether oxygens (including phenoxy) is 1. The van der Waals surface area contributed by atoms with E-state index in [0.29, 0.717) is 13.2 Å². The van der Waals surface area contributed by atoms with Gasteiger partial charge in [-0.2, -0.15) is 0 Å². The number of amides is 3. The molecule has 1 fully saturated rings. The number of hydrogen-bond donors (Lipinski definition) is 1. The summed E-state index contributed by atoms with van der Waals surface area (Å²) in [6, 6.07) is 9.08. The zero-order valence-electron chi connectivity index (χ0n) is 9.55. The van der Waals surface area contributed by atoms with Crippen LogP contribution in [0.4, 0.5) is 4.79 Å². The zero-order chi connectivity index (χ0) is 12.3. The van der Waals surface area contributed by atoms with Crippen molar-refractivity contribution in [3.8, 4) is 0 Å². The molecule has 1 aromatic carbocycles. The van der Waals surface area contributed by atoms with Crippen LogP contribution in [0, 0.1) is 0 Å². The monoisotopic (exact) mass is 234 g/mol. The maximum atomic E-state index is 11.6. The largest absolute Gasteiger partial charge is 0.350 e. The number of carbonyl (C=O) groups excluding carboxylic acids is 2. The molecule has 90 valence electrons. The van der Waals surface area contributed by atoms with Crippen molar-refractivity contribution in [2.75, 3.05) is 6.61 Å². The summed E-state index contributed by atoms with van der Waals surface area (Å²) in [5.74, 6) is -0.396. The summed E-state index contributed by atoms with van der Waals surface area (Å²) in [7, 11) is 0. The second-order valence-electron chi connectivity index (χ2n) is 3.72. The number of hydrogen-bond acceptors (Lipinski definition) is 3. The lowest BCUT2D eigenvalue weighted by atomic mass is 10.2. The Kier molecular flexibility index (Phi) is 3.39. The smallest absolute Gasteiger partial charge is 0.326 e. The number of carbonyl (C=O) groups is 2. The van der Waals surface area contributed by atoms with Crippen LogP contribution in [-0.2, 0) is 16.1 Å². The van der Waals surface area contributed by atoms with E-state index in [1.54, 1.807) is 6.92 Å². The fourth-order valence-electron chi connectivity index (χ4n) is 1.75. The van der Waals surface area contributed by atoms with Gasteiger partial charge < -0.3 is 4.74 Å². The Hall–Kier alpha value is -1.88. The van der Waals surface area contributed by atoms with Crippen LogP contribution in [0.1, 0.15) is 12.5 Å². The molecule has 0 aliphatic carbocycles. The van der Waals surface area contributed by atoms with Gasteiger partial charge in [0.05, 0.1) is 6.54 Å². The molecular weight excluding hydrogens is 220 g/mol. The van der Waals surface area contributed by atoms with Crippen LogP contribution in [0.3, 0.4) is 0 Å². The molecule has 3 amide bonds. The highest BCUT2D eigenvalue weighted by molar-refractivity contribution is 6.03. The van der Waals surface area contributed by atoms with E-state index in [4.69, 9.17) is 4.74 Å². The highest BCUT2D eigenvalue weighted by atomic mass is 16.5. The minimum atomic E-state index is -0.812. The Morgan fingerprint density at radius 2 is 2.00 bits per heavy atom. The van der Waals surface area contributed by atoms with Crippen LogP contribution >= 0.6 is 0 Å². The number of benzene rings is 1. The molecule has 0 unspecified atom stereocenters. The summed E-state index contributed by atoms with van der Waals surface area (Å²) in [6.07, 6.45) is -0.812. The number of imide groups is 1. The molecule has 1 saturated heterocycles. The van der Waals surface area contributed by atoms with Crippen molar-refractivity contribution in [3.05, 3.63) is 35.9 Å². The van der Waals surface area contributed by atoms with Crippen molar-refractivity contribution >= 4 is 11.9 Å². The Morgan fingerprint density at radius 1 is 1.29 bits per heavy atom. The van der Waals surface area contributed by atoms with Crippen molar-refractivity contribution in [2.24, 2.45) is 0 Å². The van der Waals surface area contributed by atoms with E-state index < -0.39 is 18.2 Å². The molecule has 5 heteroatoms. The highest BCUT2D eigenvalue weighted by Gasteiger charge is 2.38. The van der Waals surface area contributed by atoms with Gasteiger partial charge in [0.1, 0.15) is 0 Å². The molecular formula is C12H14N2O3. The van der Waals surface area contributed by atoms with Crippen LogP contribution in [0.25, 0.3) is 0 Å². The molecule has 1 aliphatic heterocycles. The van der Waals surface area contributed by atoms with Crippen LogP contribution in [0.5, 0.6) is 0 Å². The lowest BCUT2D eigenvalue weighted by Crippen LogP contribution is -2.36. The summed E-state index contributed by atoms with van der Waals surface area (Å²) in [4.78, 5) is 24.5. The van der Waals surface area contributed by atoms with Gasteiger partial charge in [0.2, 0.25) is 6.23 Å². The van der Waals surface area contributed by atoms with Gasteiger partial charge in [0, 0.05) is 6.61 Å². The minimum absolute atomic E-state index is 0.364. The van der Waals surface area contributed by atoms with E-state index in [-0.39, 0.29) is 0 Å². The van der Waals surface area contributed by atoms with Crippen LogP contribution < -0.4 is 5.32 Å². The molecule has 1 aromatic rings. The van der Waals surface area contributed by atoms with Crippen molar-refractivity contribution in [3.63, 3.8) is 0 Å². The summed E-state index contributed by atoms with van der Waals surface area (Å²) in [5.41, 5.74) is 0.960. The van der Waals surface area contributed by atoms with Gasteiger partial charge in [-0.1, -0.05) is 30.3 Å². The van der Waals surface area contributed by atoms with Crippen LogP contribution in [0.2, 0.25) is 0 Å². The third kappa shape index (κ3) is 2.45. The Bertz CT molecular complexity index is 419. The number of rotatable bonds is 4. The average molecular weight is 234 g/mol.